The average Bonchev–Trinajstić information content (AvgIpc) is 2.85. The third-order valence-corrected chi connectivity index (χ3v) is 5.42. The Hall–Kier alpha value is -1.58. The van der Waals surface area contributed by atoms with Crippen molar-refractivity contribution in [3.8, 4) is 0 Å². The highest BCUT2D eigenvalue weighted by Gasteiger charge is 2.28. The Kier molecular flexibility index (Phi) is 3.87. The third-order valence-electron chi connectivity index (χ3n) is 3.37. The molecule has 0 bridgehead atoms. The summed E-state index contributed by atoms with van der Waals surface area (Å²) in [6, 6.07) is 4.06. The number of carbonyl (C=O) groups is 1. The Bertz CT molecular complexity index is 772. The minimum Gasteiger partial charge on any atom is -0.355 e. The fraction of sp³-hybridized carbons (Fsp3) is 0.417. The van der Waals surface area contributed by atoms with Gasteiger partial charge < -0.3 is 5.32 Å². The minimum absolute atomic E-state index is 0.0609. The van der Waals surface area contributed by atoms with E-state index in [0.717, 1.165) is 24.6 Å². The molecule has 0 aliphatic carbocycles. The molecule has 0 saturated carbocycles. The molecule has 2 aromatic rings. The van der Waals surface area contributed by atoms with E-state index in [1.165, 1.54) is 6.07 Å². The monoisotopic (exact) mass is 326 g/mol. The largest absolute Gasteiger partial charge is 0.355 e. The van der Waals surface area contributed by atoms with Crippen LogP contribution in [0.1, 0.15) is 19.3 Å². The second kappa shape index (κ2) is 5.66. The lowest BCUT2D eigenvalue weighted by Crippen LogP contribution is -2.45. The SMILES string of the molecule is O=C1NCCCCC1NS(=O)(=O)c1cccc2nsnc12. The van der Waals surface area contributed by atoms with Crippen molar-refractivity contribution in [1.82, 2.24) is 18.8 Å². The van der Waals surface area contributed by atoms with Crippen molar-refractivity contribution in [1.29, 1.82) is 0 Å². The fourth-order valence-electron chi connectivity index (χ4n) is 2.30. The normalized spacial score (nSPS) is 20.2. The van der Waals surface area contributed by atoms with Gasteiger partial charge in [0, 0.05) is 6.54 Å². The highest BCUT2D eigenvalue weighted by Crippen LogP contribution is 2.21. The third kappa shape index (κ3) is 2.89. The molecule has 1 aliphatic rings. The predicted molar refractivity (Wildman–Crippen MR) is 78.4 cm³/mol. The van der Waals surface area contributed by atoms with Crippen molar-refractivity contribution >= 4 is 38.7 Å². The summed E-state index contributed by atoms with van der Waals surface area (Å²) in [5, 5.41) is 2.71. The van der Waals surface area contributed by atoms with E-state index >= 15 is 0 Å². The van der Waals surface area contributed by atoms with Crippen molar-refractivity contribution < 1.29 is 13.2 Å². The summed E-state index contributed by atoms with van der Waals surface area (Å²) < 4.78 is 35.6. The van der Waals surface area contributed by atoms with Gasteiger partial charge in [-0.2, -0.15) is 13.5 Å². The average molecular weight is 326 g/mol. The smallest absolute Gasteiger partial charge is 0.243 e. The number of carbonyl (C=O) groups excluding carboxylic acids is 1. The Morgan fingerprint density at radius 2 is 2.14 bits per heavy atom. The molecule has 1 amide bonds. The topological polar surface area (TPSA) is 101 Å². The van der Waals surface area contributed by atoms with Gasteiger partial charge in [0.05, 0.1) is 11.7 Å². The van der Waals surface area contributed by atoms with Gasteiger partial charge in [0.25, 0.3) is 0 Å². The maximum absolute atomic E-state index is 12.5. The predicted octanol–water partition coefficient (Wildman–Crippen LogP) is 0.638. The van der Waals surface area contributed by atoms with Gasteiger partial charge in [-0.25, -0.2) is 8.42 Å². The van der Waals surface area contributed by atoms with Crippen molar-refractivity contribution in [3.63, 3.8) is 0 Å². The summed E-state index contributed by atoms with van der Waals surface area (Å²) >= 11 is 0.962. The maximum Gasteiger partial charge on any atom is 0.243 e. The van der Waals surface area contributed by atoms with Crippen LogP contribution in [-0.2, 0) is 14.8 Å². The molecule has 112 valence electrons. The van der Waals surface area contributed by atoms with Crippen LogP contribution >= 0.6 is 11.7 Å². The molecule has 21 heavy (non-hydrogen) atoms. The summed E-state index contributed by atoms with van der Waals surface area (Å²) in [7, 11) is -3.81. The molecule has 2 N–H and O–H groups in total. The Morgan fingerprint density at radius 1 is 1.29 bits per heavy atom. The Morgan fingerprint density at radius 3 is 3.00 bits per heavy atom. The first-order valence-corrected chi connectivity index (χ1v) is 8.80. The van der Waals surface area contributed by atoms with Gasteiger partial charge in [0.1, 0.15) is 22.0 Å². The first-order chi connectivity index (χ1) is 10.1. The quantitative estimate of drug-likeness (QED) is 0.862. The number of hydrogen-bond donors (Lipinski definition) is 2. The van der Waals surface area contributed by atoms with Crippen LogP contribution in [0.15, 0.2) is 23.1 Å². The Balaban J connectivity index is 1.93. The van der Waals surface area contributed by atoms with Crippen molar-refractivity contribution in [2.24, 2.45) is 0 Å². The zero-order chi connectivity index (χ0) is 14.9. The summed E-state index contributed by atoms with van der Waals surface area (Å²) in [5.74, 6) is -0.278. The number of hydrogen-bond acceptors (Lipinski definition) is 6. The van der Waals surface area contributed by atoms with Crippen LogP contribution in [0, 0.1) is 0 Å². The number of amides is 1. The highest BCUT2D eigenvalue weighted by atomic mass is 32.2. The number of fused-ring (bicyclic) bond motifs is 1. The molecule has 0 radical (unpaired) electrons. The van der Waals surface area contributed by atoms with E-state index in [0.29, 0.717) is 24.0 Å². The van der Waals surface area contributed by atoms with Crippen LogP contribution in [0.25, 0.3) is 11.0 Å². The molecule has 1 unspecified atom stereocenters. The molecule has 1 saturated heterocycles. The van der Waals surface area contributed by atoms with Gasteiger partial charge in [0.2, 0.25) is 15.9 Å². The van der Waals surface area contributed by atoms with Crippen molar-refractivity contribution in [2.45, 2.75) is 30.2 Å². The molecule has 1 aliphatic heterocycles. The summed E-state index contributed by atoms with van der Waals surface area (Å²) in [5.41, 5.74) is 0.872. The van der Waals surface area contributed by atoms with E-state index in [2.05, 4.69) is 18.8 Å². The van der Waals surface area contributed by atoms with E-state index in [9.17, 15) is 13.2 Å². The maximum atomic E-state index is 12.5. The zero-order valence-corrected chi connectivity index (χ0v) is 12.7. The van der Waals surface area contributed by atoms with E-state index in [1.54, 1.807) is 12.1 Å². The number of nitrogens with one attached hydrogen (secondary N) is 2. The number of rotatable bonds is 3. The molecule has 0 spiro atoms. The summed E-state index contributed by atoms with van der Waals surface area (Å²) in [6.07, 6.45) is 2.15. The summed E-state index contributed by atoms with van der Waals surface area (Å²) in [4.78, 5) is 11.9. The zero-order valence-electron chi connectivity index (χ0n) is 11.1. The summed E-state index contributed by atoms with van der Waals surface area (Å²) in [6.45, 7) is 0.586. The lowest BCUT2D eigenvalue weighted by molar-refractivity contribution is -0.122. The number of nitrogens with zero attached hydrogens (tertiary/aromatic N) is 2. The van der Waals surface area contributed by atoms with Gasteiger partial charge in [-0.05, 0) is 31.4 Å². The second-order valence-electron chi connectivity index (χ2n) is 4.85. The fourth-order valence-corrected chi connectivity index (χ4v) is 4.30. The molecule has 1 aromatic heterocycles. The Labute approximate surface area is 126 Å². The molecular weight excluding hydrogens is 312 g/mol. The van der Waals surface area contributed by atoms with Crippen molar-refractivity contribution in [3.05, 3.63) is 18.2 Å². The van der Waals surface area contributed by atoms with E-state index in [-0.39, 0.29) is 10.8 Å². The highest BCUT2D eigenvalue weighted by molar-refractivity contribution is 7.89. The standard InChI is InChI=1S/C12H14N4O3S2/c17-12-9(4-1-2-7-13-12)16-21(18,19)10-6-3-5-8-11(10)15-20-14-8/h3,5-6,9,16H,1-2,4,7H2,(H,13,17). The van der Waals surface area contributed by atoms with Crippen LogP contribution in [0.2, 0.25) is 0 Å². The van der Waals surface area contributed by atoms with Gasteiger partial charge >= 0.3 is 0 Å². The lowest BCUT2D eigenvalue weighted by atomic mass is 10.1. The first-order valence-electron chi connectivity index (χ1n) is 6.59. The first kappa shape index (κ1) is 14.4. The second-order valence-corrected chi connectivity index (χ2v) is 7.06. The molecule has 1 aromatic carbocycles. The number of benzene rings is 1. The molecule has 3 rings (SSSR count). The molecule has 2 heterocycles. The van der Waals surface area contributed by atoms with Crippen molar-refractivity contribution in [2.75, 3.05) is 6.54 Å². The van der Waals surface area contributed by atoms with E-state index in [1.807, 2.05) is 0 Å². The van der Waals surface area contributed by atoms with Gasteiger partial charge in [-0.1, -0.05) is 6.07 Å². The molecule has 1 atom stereocenters. The van der Waals surface area contributed by atoms with Crippen LogP contribution in [0.3, 0.4) is 0 Å². The van der Waals surface area contributed by atoms with Gasteiger partial charge in [-0.15, -0.1) is 0 Å². The molecular formula is C12H14N4O3S2. The minimum atomic E-state index is -3.81. The van der Waals surface area contributed by atoms with Crippen LogP contribution < -0.4 is 10.0 Å². The van der Waals surface area contributed by atoms with Gasteiger partial charge in [0.15, 0.2) is 0 Å². The van der Waals surface area contributed by atoms with Crippen LogP contribution in [0.5, 0.6) is 0 Å². The lowest BCUT2D eigenvalue weighted by Gasteiger charge is -2.15. The van der Waals surface area contributed by atoms with E-state index < -0.39 is 16.1 Å². The van der Waals surface area contributed by atoms with Gasteiger partial charge in [-0.3, -0.25) is 4.79 Å². The molecule has 1 fully saturated rings. The molecule has 9 heteroatoms. The van der Waals surface area contributed by atoms with E-state index in [4.69, 9.17) is 0 Å². The number of aromatic nitrogens is 2. The molecule has 7 nitrogen and oxygen atoms in total. The number of sulfonamides is 1. The van der Waals surface area contributed by atoms with Crippen LogP contribution in [0.4, 0.5) is 0 Å². The van der Waals surface area contributed by atoms with Crippen LogP contribution in [-0.4, -0.2) is 35.7 Å².